The summed E-state index contributed by atoms with van der Waals surface area (Å²) in [5.74, 6) is -0.951. The Bertz CT molecular complexity index is 432. The van der Waals surface area contributed by atoms with E-state index in [0.29, 0.717) is 0 Å². The molecule has 6 nitrogen and oxygen atoms in total. The number of carbonyl (C=O) groups is 2. The Balaban J connectivity index is 2.57. The van der Waals surface area contributed by atoms with E-state index in [0.717, 1.165) is 11.1 Å². The highest BCUT2D eigenvalue weighted by Crippen LogP contribution is 2.00. The van der Waals surface area contributed by atoms with Crippen LogP contribution in [-0.2, 0) is 19.3 Å². The van der Waals surface area contributed by atoms with Gasteiger partial charge in [-0.1, -0.05) is 34.6 Å². The molecular formula is C12H12N2O4. The third kappa shape index (κ3) is 5.55. The van der Waals surface area contributed by atoms with E-state index in [-0.39, 0.29) is 0 Å². The van der Waals surface area contributed by atoms with Crippen LogP contribution in [-0.4, -0.2) is 24.4 Å². The molecule has 0 atom stereocenters. The van der Waals surface area contributed by atoms with Gasteiger partial charge in [0.25, 0.3) is 0 Å². The fraction of sp³-hybridized carbons (Fsp3) is 0.167. The molecule has 0 aromatic heterocycles. The van der Waals surface area contributed by atoms with Crippen molar-refractivity contribution >= 4 is 24.4 Å². The van der Waals surface area contributed by atoms with E-state index in [1.165, 1.54) is 26.3 Å². The van der Waals surface area contributed by atoms with Crippen LogP contribution in [0.3, 0.4) is 0 Å². The van der Waals surface area contributed by atoms with Crippen LogP contribution in [0.4, 0.5) is 0 Å². The summed E-state index contributed by atoms with van der Waals surface area (Å²) in [4.78, 5) is 29.8. The second kappa shape index (κ2) is 6.95. The van der Waals surface area contributed by atoms with Crippen molar-refractivity contribution in [2.24, 2.45) is 10.3 Å². The highest BCUT2D eigenvalue weighted by Gasteiger charge is 1.92. The lowest BCUT2D eigenvalue weighted by molar-refractivity contribution is -0.141. The second-order valence-electron chi connectivity index (χ2n) is 3.30. The molecule has 0 aliphatic rings. The Morgan fingerprint density at radius 2 is 1.22 bits per heavy atom. The summed E-state index contributed by atoms with van der Waals surface area (Å²) in [5.41, 5.74) is 1.53. The van der Waals surface area contributed by atoms with Gasteiger partial charge in [-0.3, -0.25) is 0 Å². The van der Waals surface area contributed by atoms with E-state index >= 15 is 0 Å². The fourth-order valence-electron chi connectivity index (χ4n) is 0.991. The Labute approximate surface area is 104 Å². The van der Waals surface area contributed by atoms with Crippen LogP contribution in [0, 0.1) is 0 Å². The van der Waals surface area contributed by atoms with Gasteiger partial charge in [0.2, 0.25) is 0 Å². The summed E-state index contributed by atoms with van der Waals surface area (Å²) in [6.45, 7) is 2.54. The van der Waals surface area contributed by atoms with Crippen LogP contribution in [0.1, 0.15) is 25.0 Å². The SMILES string of the molecule is CC(=O)ON=Cc1ccc(C=NOC(C)=O)cc1. The topological polar surface area (TPSA) is 77.3 Å². The number of benzene rings is 1. The minimum absolute atomic E-state index is 0.476. The largest absolute Gasteiger partial charge is 0.331 e. The number of rotatable bonds is 4. The molecule has 0 saturated carbocycles. The van der Waals surface area contributed by atoms with Gasteiger partial charge in [0.15, 0.2) is 0 Å². The van der Waals surface area contributed by atoms with Gasteiger partial charge in [0.05, 0.1) is 12.4 Å². The molecule has 0 spiro atoms. The standard InChI is InChI=1S/C12H12N2O4/c1-9(15)17-13-7-11-3-5-12(6-4-11)8-14-18-10(2)16/h3-8H,1-2H3. The molecule has 0 unspecified atom stereocenters. The number of carbonyl (C=O) groups excluding carboxylic acids is 2. The Morgan fingerprint density at radius 1 is 0.889 bits per heavy atom. The van der Waals surface area contributed by atoms with E-state index in [1.54, 1.807) is 24.3 Å². The molecule has 0 N–H and O–H groups in total. The van der Waals surface area contributed by atoms with E-state index < -0.39 is 11.9 Å². The minimum atomic E-state index is -0.476. The molecule has 1 aromatic rings. The molecule has 0 saturated heterocycles. The van der Waals surface area contributed by atoms with E-state index in [9.17, 15) is 9.59 Å². The Kier molecular flexibility index (Phi) is 5.24. The maximum absolute atomic E-state index is 10.5. The maximum atomic E-state index is 10.5. The summed E-state index contributed by atoms with van der Waals surface area (Å²) >= 11 is 0. The number of hydrogen-bond acceptors (Lipinski definition) is 6. The molecule has 6 heteroatoms. The summed E-state index contributed by atoms with van der Waals surface area (Å²) in [6, 6.07) is 7.01. The van der Waals surface area contributed by atoms with Crippen LogP contribution < -0.4 is 0 Å². The van der Waals surface area contributed by atoms with Crippen molar-refractivity contribution in [3.8, 4) is 0 Å². The molecule has 0 radical (unpaired) electrons. The third-order valence-electron chi connectivity index (χ3n) is 1.70. The molecule has 0 aliphatic heterocycles. The average Bonchev–Trinajstić information content (AvgIpc) is 2.30. The smallest absolute Gasteiger partial charge is 0.319 e. The van der Waals surface area contributed by atoms with Crippen molar-refractivity contribution < 1.29 is 19.3 Å². The minimum Gasteiger partial charge on any atom is -0.319 e. The summed E-state index contributed by atoms with van der Waals surface area (Å²) < 4.78 is 0. The molecule has 0 fully saturated rings. The van der Waals surface area contributed by atoms with Crippen molar-refractivity contribution in [3.63, 3.8) is 0 Å². The molecule has 1 aromatic carbocycles. The van der Waals surface area contributed by atoms with E-state index in [2.05, 4.69) is 20.0 Å². The van der Waals surface area contributed by atoms with Gasteiger partial charge in [-0.15, -0.1) is 0 Å². The van der Waals surface area contributed by atoms with Gasteiger partial charge in [-0.2, -0.15) is 0 Å². The van der Waals surface area contributed by atoms with Crippen LogP contribution in [0.15, 0.2) is 34.6 Å². The summed E-state index contributed by atoms with van der Waals surface area (Å²) in [5, 5.41) is 6.96. The van der Waals surface area contributed by atoms with Gasteiger partial charge in [0, 0.05) is 13.8 Å². The first-order valence-electron chi connectivity index (χ1n) is 5.10. The molecule has 0 amide bonds. The van der Waals surface area contributed by atoms with E-state index in [4.69, 9.17) is 0 Å². The van der Waals surface area contributed by atoms with Gasteiger partial charge in [0.1, 0.15) is 0 Å². The number of nitrogens with zero attached hydrogens (tertiary/aromatic N) is 2. The normalized spacial score (nSPS) is 10.8. The fourth-order valence-corrected chi connectivity index (χ4v) is 0.991. The van der Waals surface area contributed by atoms with Gasteiger partial charge in [-0.05, 0) is 11.1 Å². The first-order valence-corrected chi connectivity index (χ1v) is 5.10. The first-order chi connectivity index (χ1) is 8.58. The number of oxime groups is 2. The van der Waals surface area contributed by atoms with Gasteiger partial charge in [-0.25, -0.2) is 9.59 Å². The van der Waals surface area contributed by atoms with Crippen LogP contribution in [0.25, 0.3) is 0 Å². The van der Waals surface area contributed by atoms with Crippen LogP contribution in [0.5, 0.6) is 0 Å². The van der Waals surface area contributed by atoms with Gasteiger partial charge < -0.3 is 9.68 Å². The highest BCUT2D eigenvalue weighted by molar-refractivity contribution is 5.84. The Morgan fingerprint density at radius 3 is 1.50 bits per heavy atom. The molecule has 1 rings (SSSR count). The average molecular weight is 248 g/mol. The molecule has 0 bridgehead atoms. The lowest BCUT2D eigenvalue weighted by atomic mass is 10.2. The maximum Gasteiger partial charge on any atom is 0.331 e. The molecule has 0 heterocycles. The van der Waals surface area contributed by atoms with Crippen LogP contribution >= 0.6 is 0 Å². The third-order valence-corrected chi connectivity index (χ3v) is 1.70. The zero-order valence-electron chi connectivity index (χ0n) is 9.99. The molecular weight excluding hydrogens is 236 g/mol. The van der Waals surface area contributed by atoms with Crippen LogP contribution in [0.2, 0.25) is 0 Å². The van der Waals surface area contributed by atoms with Crippen molar-refractivity contribution in [2.75, 3.05) is 0 Å². The van der Waals surface area contributed by atoms with Crippen molar-refractivity contribution in [1.29, 1.82) is 0 Å². The molecule has 94 valence electrons. The summed E-state index contributed by atoms with van der Waals surface area (Å²) in [6.07, 6.45) is 2.82. The van der Waals surface area contributed by atoms with Crippen molar-refractivity contribution in [1.82, 2.24) is 0 Å². The van der Waals surface area contributed by atoms with Gasteiger partial charge >= 0.3 is 11.9 Å². The summed E-state index contributed by atoms with van der Waals surface area (Å²) in [7, 11) is 0. The molecule has 18 heavy (non-hydrogen) atoms. The van der Waals surface area contributed by atoms with Crippen molar-refractivity contribution in [3.05, 3.63) is 35.4 Å². The van der Waals surface area contributed by atoms with Crippen molar-refractivity contribution in [2.45, 2.75) is 13.8 Å². The predicted octanol–water partition coefficient (Wildman–Crippen LogP) is 1.48. The monoisotopic (exact) mass is 248 g/mol. The second-order valence-corrected chi connectivity index (χ2v) is 3.30. The lowest BCUT2D eigenvalue weighted by Crippen LogP contribution is -1.93. The highest BCUT2D eigenvalue weighted by atomic mass is 16.7. The predicted molar refractivity (Wildman–Crippen MR) is 65.2 cm³/mol. The Hall–Kier alpha value is -2.50. The first kappa shape index (κ1) is 13.6. The lowest BCUT2D eigenvalue weighted by Gasteiger charge is -1.95. The zero-order valence-corrected chi connectivity index (χ0v) is 9.99. The molecule has 0 aliphatic carbocycles. The number of hydrogen-bond donors (Lipinski definition) is 0. The zero-order chi connectivity index (χ0) is 13.4. The quantitative estimate of drug-likeness (QED) is 0.459. The van der Waals surface area contributed by atoms with E-state index in [1.807, 2.05) is 0 Å².